The van der Waals surface area contributed by atoms with Crippen molar-refractivity contribution in [1.82, 2.24) is 0 Å². The fourth-order valence-electron chi connectivity index (χ4n) is 2.29. The van der Waals surface area contributed by atoms with Gasteiger partial charge in [-0.1, -0.05) is 35.8 Å². The Hall–Kier alpha value is -1.32. The van der Waals surface area contributed by atoms with Gasteiger partial charge in [-0.25, -0.2) is 0 Å². The zero-order valence-corrected chi connectivity index (χ0v) is 13.7. The fourth-order valence-corrected chi connectivity index (χ4v) is 2.81. The van der Waals surface area contributed by atoms with Crippen molar-refractivity contribution in [2.45, 2.75) is 33.2 Å². The molecule has 2 aromatic carbocycles. The Bertz CT molecular complexity index is 608. The summed E-state index contributed by atoms with van der Waals surface area (Å²) in [5, 5.41) is 0. The number of nitrogens with two attached hydrogens (primary N) is 1. The van der Waals surface area contributed by atoms with Crippen LogP contribution in [0.5, 0.6) is 11.5 Å². The summed E-state index contributed by atoms with van der Waals surface area (Å²) in [6, 6.07) is 12.2. The average Bonchev–Trinajstić information content (AvgIpc) is 2.37. The highest BCUT2D eigenvalue weighted by atomic mass is 79.9. The second-order valence-electron chi connectivity index (χ2n) is 5.27. The number of ether oxygens (including phenoxy) is 1. The molecule has 0 aliphatic carbocycles. The van der Waals surface area contributed by atoms with Gasteiger partial charge in [-0.05, 0) is 59.9 Å². The molecule has 0 saturated carbocycles. The second kappa shape index (κ2) is 6.42. The summed E-state index contributed by atoms with van der Waals surface area (Å²) in [5.74, 6) is 2.18. The highest BCUT2D eigenvalue weighted by Crippen LogP contribution is 2.29. The Morgan fingerprint density at radius 2 is 1.85 bits per heavy atom. The average molecular weight is 334 g/mol. The molecule has 106 valence electrons. The Labute approximate surface area is 129 Å². The molecule has 0 spiro atoms. The minimum absolute atomic E-state index is 0.501. The van der Waals surface area contributed by atoms with Crippen molar-refractivity contribution in [2.75, 3.05) is 0 Å². The van der Waals surface area contributed by atoms with E-state index in [1.54, 1.807) is 0 Å². The van der Waals surface area contributed by atoms with Crippen LogP contribution in [0, 0.1) is 6.92 Å². The lowest BCUT2D eigenvalue weighted by Crippen LogP contribution is -1.97. The molecule has 0 aliphatic heterocycles. The third kappa shape index (κ3) is 3.62. The molecule has 0 fully saturated rings. The van der Waals surface area contributed by atoms with Gasteiger partial charge in [0, 0.05) is 11.0 Å². The van der Waals surface area contributed by atoms with Gasteiger partial charge in [0.2, 0.25) is 0 Å². The van der Waals surface area contributed by atoms with Crippen molar-refractivity contribution < 1.29 is 4.74 Å². The Morgan fingerprint density at radius 3 is 2.45 bits per heavy atom. The molecule has 0 heterocycles. The van der Waals surface area contributed by atoms with Crippen LogP contribution in [0.25, 0.3) is 0 Å². The first-order valence-corrected chi connectivity index (χ1v) is 7.57. The Kier molecular flexibility index (Phi) is 4.84. The predicted molar refractivity (Wildman–Crippen MR) is 87.4 cm³/mol. The van der Waals surface area contributed by atoms with Gasteiger partial charge in [0.25, 0.3) is 0 Å². The van der Waals surface area contributed by atoms with Gasteiger partial charge in [-0.3, -0.25) is 0 Å². The molecule has 0 amide bonds. The topological polar surface area (TPSA) is 35.2 Å². The summed E-state index contributed by atoms with van der Waals surface area (Å²) in [5.41, 5.74) is 9.34. The standard InChI is InChI=1S/C17H20BrNO/c1-11(2)17-5-4-15(6-12(17)3)20-16-8-13(10-19)7-14(18)9-16/h4-9,11H,10,19H2,1-3H3. The van der Waals surface area contributed by atoms with Crippen LogP contribution in [0.2, 0.25) is 0 Å². The third-order valence-corrected chi connectivity index (χ3v) is 3.72. The van der Waals surface area contributed by atoms with Crippen molar-refractivity contribution in [3.05, 3.63) is 57.6 Å². The van der Waals surface area contributed by atoms with Crippen LogP contribution < -0.4 is 10.5 Å². The van der Waals surface area contributed by atoms with Crippen molar-refractivity contribution in [2.24, 2.45) is 5.73 Å². The summed E-state index contributed by atoms with van der Waals surface area (Å²) in [6.07, 6.45) is 0. The molecule has 0 unspecified atom stereocenters. The monoisotopic (exact) mass is 333 g/mol. The van der Waals surface area contributed by atoms with Crippen molar-refractivity contribution in [1.29, 1.82) is 0 Å². The first kappa shape index (κ1) is 15.1. The van der Waals surface area contributed by atoms with Gasteiger partial charge in [0.1, 0.15) is 11.5 Å². The minimum Gasteiger partial charge on any atom is -0.457 e. The molecule has 0 aliphatic rings. The van der Waals surface area contributed by atoms with Crippen molar-refractivity contribution in [3.63, 3.8) is 0 Å². The van der Waals surface area contributed by atoms with Crippen LogP contribution in [-0.2, 0) is 6.54 Å². The highest BCUT2D eigenvalue weighted by Gasteiger charge is 2.06. The molecule has 0 aromatic heterocycles. The molecule has 20 heavy (non-hydrogen) atoms. The number of aryl methyl sites for hydroxylation is 1. The SMILES string of the molecule is Cc1cc(Oc2cc(Br)cc(CN)c2)ccc1C(C)C. The van der Waals surface area contributed by atoms with Gasteiger partial charge < -0.3 is 10.5 Å². The lowest BCUT2D eigenvalue weighted by atomic mass is 9.98. The molecule has 2 N–H and O–H groups in total. The fraction of sp³-hybridized carbons (Fsp3) is 0.294. The maximum atomic E-state index is 5.93. The number of hydrogen-bond acceptors (Lipinski definition) is 2. The largest absolute Gasteiger partial charge is 0.457 e. The van der Waals surface area contributed by atoms with Gasteiger partial charge in [0.15, 0.2) is 0 Å². The summed E-state index contributed by atoms with van der Waals surface area (Å²) < 4.78 is 6.91. The highest BCUT2D eigenvalue weighted by molar-refractivity contribution is 9.10. The van der Waals surface area contributed by atoms with Gasteiger partial charge in [-0.2, -0.15) is 0 Å². The minimum atomic E-state index is 0.501. The van der Waals surface area contributed by atoms with E-state index in [2.05, 4.69) is 48.8 Å². The summed E-state index contributed by atoms with van der Waals surface area (Å²) in [6.45, 7) is 7.02. The zero-order valence-electron chi connectivity index (χ0n) is 12.1. The van der Waals surface area contributed by atoms with E-state index in [1.165, 1.54) is 11.1 Å². The van der Waals surface area contributed by atoms with E-state index in [1.807, 2.05) is 24.3 Å². The van der Waals surface area contributed by atoms with Crippen LogP contribution in [-0.4, -0.2) is 0 Å². The second-order valence-corrected chi connectivity index (χ2v) is 6.19. The maximum absolute atomic E-state index is 5.93. The van der Waals surface area contributed by atoms with Gasteiger partial charge in [0.05, 0.1) is 0 Å². The zero-order chi connectivity index (χ0) is 14.7. The maximum Gasteiger partial charge on any atom is 0.128 e. The quantitative estimate of drug-likeness (QED) is 0.841. The van der Waals surface area contributed by atoms with E-state index >= 15 is 0 Å². The van der Waals surface area contributed by atoms with Crippen LogP contribution in [0.15, 0.2) is 40.9 Å². The first-order valence-electron chi connectivity index (χ1n) is 6.77. The Morgan fingerprint density at radius 1 is 1.10 bits per heavy atom. The molecule has 0 radical (unpaired) electrons. The smallest absolute Gasteiger partial charge is 0.128 e. The molecular weight excluding hydrogens is 314 g/mol. The van der Waals surface area contributed by atoms with Crippen LogP contribution in [0.1, 0.15) is 36.5 Å². The number of rotatable bonds is 4. The Balaban J connectivity index is 2.26. The van der Waals surface area contributed by atoms with E-state index in [-0.39, 0.29) is 0 Å². The van der Waals surface area contributed by atoms with E-state index in [0.717, 1.165) is 21.5 Å². The molecule has 0 atom stereocenters. The van der Waals surface area contributed by atoms with E-state index in [4.69, 9.17) is 10.5 Å². The van der Waals surface area contributed by atoms with Crippen LogP contribution in [0.3, 0.4) is 0 Å². The number of hydrogen-bond donors (Lipinski definition) is 1. The van der Waals surface area contributed by atoms with Gasteiger partial charge in [-0.15, -0.1) is 0 Å². The molecule has 2 nitrogen and oxygen atoms in total. The van der Waals surface area contributed by atoms with E-state index in [9.17, 15) is 0 Å². The molecule has 3 heteroatoms. The molecule has 2 aromatic rings. The predicted octanol–water partition coefficient (Wildman–Crippen LogP) is 5.13. The normalized spacial score (nSPS) is 10.9. The summed E-state index contributed by atoms with van der Waals surface area (Å²) in [7, 11) is 0. The number of halogens is 1. The van der Waals surface area contributed by atoms with E-state index < -0.39 is 0 Å². The van der Waals surface area contributed by atoms with E-state index in [0.29, 0.717) is 12.5 Å². The lowest BCUT2D eigenvalue weighted by molar-refractivity contribution is 0.481. The first-order chi connectivity index (χ1) is 9.49. The molecular formula is C17H20BrNO. The number of benzene rings is 2. The van der Waals surface area contributed by atoms with Crippen LogP contribution >= 0.6 is 15.9 Å². The molecule has 0 bridgehead atoms. The van der Waals surface area contributed by atoms with Crippen molar-refractivity contribution >= 4 is 15.9 Å². The third-order valence-electron chi connectivity index (χ3n) is 3.27. The van der Waals surface area contributed by atoms with Crippen LogP contribution in [0.4, 0.5) is 0 Å². The molecule has 2 rings (SSSR count). The summed E-state index contributed by atoms with van der Waals surface area (Å²) >= 11 is 3.48. The van der Waals surface area contributed by atoms with Gasteiger partial charge >= 0.3 is 0 Å². The molecule has 0 saturated heterocycles. The van der Waals surface area contributed by atoms with Crippen molar-refractivity contribution in [3.8, 4) is 11.5 Å². The lowest BCUT2D eigenvalue weighted by Gasteiger charge is -2.13. The summed E-state index contributed by atoms with van der Waals surface area (Å²) in [4.78, 5) is 0.